The van der Waals surface area contributed by atoms with Crippen LogP contribution in [0.2, 0.25) is 0 Å². The lowest BCUT2D eigenvalue weighted by atomic mass is 10.2. The van der Waals surface area contributed by atoms with Gasteiger partial charge in [-0.2, -0.15) is 4.39 Å². The molecule has 0 bridgehead atoms. The first-order valence-corrected chi connectivity index (χ1v) is 7.52. The highest BCUT2D eigenvalue weighted by atomic mass is 31.2. The Morgan fingerprint density at radius 2 is 2.19 bits per heavy atom. The van der Waals surface area contributed by atoms with Crippen LogP contribution in [0.4, 0.5) is 4.39 Å². The molecule has 0 saturated carbocycles. The minimum atomic E-state index is -1.14. The summed E-state index contributed by atoms with van der Waals surface area (Å²) in [5, 5.41) is 0. The van der Waals surface area contributed by atoms with Gasteiger partial charge in [0.1, 0.15) is 12.3 Å². The molecule has 10 heteroatoms. The number of nitrogens with zero attached hydrogens (tertiary/aromatic N) is 2. The minimum Gasteiger partial charge on any atom is -0.349 e. The molecule has 3 rings (SSSR count). The molecule has 1 unspecified atom stereocenters. The van der Waals surface area contributed by atoms with Crippen molar-refractivity contribution in [2.45, 2.75) is 24.9 Å². The van der Waals surface area contributed by atoms with Crippen molar-refractivity contribution in [2.24, 2.45) is 0 Å². The summed E-state index contributed by atoms with van der Waals surface area (Å²) in [6.07, 6.45) is 0.0412. The van der Waals surface area contributed by atoms with E-state index in [9.17, 15) is 14.0 Å². The van der Waals surface area contributed by atoms with E-state index < -0.39 is 31.8 Å². The maximum Gasteiger partial charge on any atom is 0.330 e. The Balaban J connectivity index is 1.80. The average molecular weight is 319 g/mol. The molecule has 2 aliphatic rings. The van der Waals surface area contributed by atoms with Crippen molar-refractivity contribution in [3.8, 4) is 0 Å². The van der Waals surface area contributed by atoms with Crippen LogP contribution in [0.5, 0.6) is 0 Å². The second kappa shape index (κ2) is 5.58. The quantitative estimate of drug-likeness (QED) is 0.782. The summed E-state index contributed by atoms with van der Waals surface area (Å²) >= 11 is 0. The van der Waals surface area contributed by atoms with Crippen molar-refractivity contribution in [1.29, 1.82) is 0 Å². The average Bonchev–Trinajstić information content (AvgIpc) is 2.85. The molecule has 3 heterocycles. The monoisotopic (exact) mass is 319 g/mol. The van der Waals surface area contributed by atoms with E-state index in [1.165, 1.54) is 0 Å². The van der Waals surface area contributed by atoms with Gasteiger partial charge in [0.2, 0.25) is 5.82 Å². The summed E-state index contributed by atoms with van der Waals surface area (Å²) in [4.78, 5) is 24.7. The Labute approximate surface area is 120 Å². The van der Waals surface area contributed by atoms with Crippen molar-refractivity contribution >= 4 is 8.53 Å². The summed E-state index contributed by atoms with van der Waals surface area (Å²) in [7, 11) is 2.56. The SMILES string of the molecule is CN(C)P1OC[C@H]2O[C@@H](n3cc(F)c(=O)[nH]c3=O)C[C@@H]2O1. The molecule has 1 aromatic rings. The molecule has 8 nitrogen and oxygen atoms in total. The summed E-state index contributed by atoms with van der Waals surface area (Å²) in [6.45, 7) is 0.353. The largest absolute Gasteiger partial charge is 0.349 e. The number of fused-ring (bicyclic) bond motifs is 1. The van der Waals surface area contributed by atoms with E-state index in [2.05, 4.69) is 0 Å². The van der Waals surface area contributed by atoms with Crippen LogP contribution in [0.1, 0.15) is 12.6 Å². The number of H-pyrrole nitrogens is 1. The Kier molecular flexibility index (Phi) is 3.94. The third-order valence-electron chi connectivity index (χ3n) is 3.32. The van der Waals surface area contributed by atoms with Gasteiger partial charge in [-0.05, 0) is 14.1 Å². The van der Waals surface area contributed by atoms with Gasteiger partial charge in [-0.1, -0.05) is 0 Å². The van der Waals surface area contributed by atoms with Crippen LogP contribution in [-0.4, -0.2) is 47.1 Å². The maximum absolute atomic E-state index is 13.3. The Morgan fingerprint density at radius 3 is 2.90 bits per heavy atom. The van der Waals surface area contributed by atoms with Gasteiger partial charge in [-0.25, -0.2) is 9.46 Å². The molecule has 0 aromatic carbocycles. The van der Waals surface area contributed by atoms with Gasteiger partial charge >= 0.3 is 5.69 Å². The van der Waals surface area contributed by atoms with E-state index in [-0.39, 0.29) is 12.2 Å². The van der Waals surface area contributed by atoms with Crippen LogP contribution in [-0.2, 0) is 13.8 Å². The second-order valence-corrected chi connectivity index (χ2v) is 6.78. The molecule has 0 amide bonds. The molecular formula is C11H15FN3O5P. The zero-order valence-electron chi connectivity index (χ0n) is 11.5. The van der Waals surface area contributed by atoms with E-state index in [0.717, 1.165) is 10.8 Å². The number of rotatable bonds is 2. The predicted octanol–water partition coefficient (Wildman–Crippen LogP) is 0.167. The first-order chi connectivity index (χ1) is 9.95. The second-order valence-electron chi connectivity index (χ2n) is 5.03. The lowest BCUT2D eigenvalue weighted by Crippen LogP contribution is -2.34. The third-order valence-corrected chi connectivity index (χ3v) is 4.79. The van der Waals surface area contributed by atoms with E-state index in [1.54, 1.807) is 0 Å². The molecule has 4 atom stereocenters. The molecule has 116 valence electrons. The van der Waals surface area contributed by atoms with E-state index in [0.29, 0.717) is 13.0 Å². The molecule has 21 heavy (non-hydrogen) atoms. The van der Waals surface area contributed by atoms with Gasteiger partial charge in [0.05, 0.1) is 18.9 Å². The molecule has 1 aromatic heterocycles. The van der Waals surface area contributed by atoms with Crippen LogP contribution in [0.3, 0.4) is 0 Å². The van der Waals surface area contributed by atoms with Gasteiger partial charge in [0, 0.05) is 6.42 Å². The fraction of sp³-hybridized carbons (Fsp3) is 0.636. The summed E-state index contributed by atoms with van der Waals surface area (Å²) in [5.41, 5.74) is -1.75. The predicted molar refractivity (Wildman–Crippen MR) is 71.2 cm³/mol. The van der Waals surface area contributed by atoms with Crippen LogP contribution in [0, 0.1) is 5.82 Å². The molecule has 0 radical (unpaired) electrons. The Morgan fingerprint density at radius 1 is 1.43 bits per heavy atom. The topological polar surface area (TPSA) is 85.8 Å². The summed E-state index contributed by atoms with van der Waals surface area (Å²) < 4.78 is 33.2. The van der Waals surface area contributed by atoms with Crippen molar-refractivity contribution in [3.63, 3.8) is 0 Å². The molecule has 0 spiro atoms. The maximum atomic E-state index is 13.3. The highest BCUT2D eigenvalue weighted by Gasteiger charge is 2.43. The lowest BCUT2D eigenvalue weighted by Gasteiger charge is -2.32. The third kappa shape index (κ3) is 2.79. The standard InChI is InChI=1S/C11H15FN3O5P/c1-14(2)21-18-5-8-7(20-21)3-9(19-8)15-4-6(12)10(16)13-11(15)17/h4,7-9H,3,5H2,1-2H3,(H,13,16,17)/t7-,8+,9+,21?/m0/s1. The highest BCUT2D eigenvalue weighted by Crippen LogP contribution is 2.49. The van der Waals surface area contributed by atoms with E-state index >= 15 is 0 Å². The molecule has 0 aliphatic carbocycles. The zero-order valence-corrected chi connectivity index (χ0v) is 12.4. The van der Waals surface area contributed by atoms with Gasteiger partial charge in [-0.3, -0.25) is 14.3 Å². The molecular weight excluding hydrogens is 304 g/mol. The number of aromatic nitrogens is 2. The van der Waals surface area contributed by atoms with Crippen LogP contribution in [0.15, 0.2) is 15.8 Å². The number of hydrogen-bond donors (Lipinski definition) is 1. The van der Waals surface area contributed by atoms with Crippen LogP contribution >= 0.6 is 8.53 Å². The van der Waals surface area contributed by atoms with Crippen molar-refractivity contribution < 1.29 is 18.2 Å². The summed E-state index contributed by atoms with van der Waals surface area (Å²) in [6, 6.07) is 0. The highest BCUT2D eigenvalue weighted by molar-refractivity contribution is 7.44. The lowest BCUT2D eigenvalue weighted by molar-refractivity contribution is -0.0564. The van der Waals surface area contributed by atoms with Gasteiger partial charge in [-0.15, -0.1) is 0 Å². The van der Waals surface area contributed by atoms with E-state index in [1.807, 2.05) is 23.7 Å². The van der Waals surface area contributed by atoms with Gasteiger partial charge < -0.3 is 13.8 Å². The Hall–Kier alpha value is -1.12. The number of aromatic amines is 1. The van der Waals surface area contributed by atoms with Crippen LogP contribution in [0.25, 0.3) is 0 Å². The molecule has 2 aliphatic heterocycles. The number of ether oxygens (including phenoxy) is 1. The molecule has 2 fully saturated rings. The normalized spacial score (nSPS) is 32.4. The van der Waals surface area contributed by atoms with Crippen molar-refractivity contribution in [3.05, 3.63) is 32.9 Å². The minimum absolute atomic E-state index is 0.223. The fourth-order valence-corrected chi connectivity index (χ4v) is 3.51. The first kappa shape index (κ1) is 14.8. The molecule has 2 saturated heterocycles. The summed E-state index contributed by atoms with van der Waals surface area (Å²) in [5.74, 6) is -1.03. The van der Waals surface area contributed by atoms with Gasteiger partial charge in [0.15, 0.2) is 0 Å². The number of halogens is 1. The first-order valence-electron chi connectivity index (χ1n) is 6.39. The van der Waals surface area contributed by atoms with Crippen LogP contribution < -0.4 is 11.2 Å². The molecule has 1 N–H and O–H groups in total. The Bertz CT molecular complexity index is 647. The number of hydrogen-bond acceptors (Lipinski definition) is 6. The van der Waals surface area contributed by atoms with E-state index in [4.69, 9.17) is 13.8 Å². The zero-order chi connectivity index (χ0) is 15.1. The van der Waals surface area contributed by atoms with Crippen molar-refractivity contribution in [2.75, 3.05) is 20.7 Å². The van der Waals surface area contributed by atoms with Crippen molar-refractivity contribution in [1.82, 2.24) is 14.2 Å². The van der Waals surface area contributed by atoms with Gasteiger partial charge in [0.25, 0.3) is 14.1 Å². The smallest absolute Gasteiger partial charge is 0.330 e. The number of nitrogens with one attached hydrogen (secondary N) is 1. The fourth-order valence-electron chi connectivity index (χ4n) is 2.30.